The van der Waals surface area contributed by atoms with Crippen molar-refractivity contribution in [2.45, 2.75) is 39.5 Å². The van der Waals surface area contributed by atoms with Crippen molar-refractivity contribution in [1.29, 1.82) is 0 Å². The molecule has 0 unspecified atom stereocenters. The third-order valence-electron chi connectivity index (χ3n) is 3.55. The highest BCUT2D eigenvalue weighted by Crippen LogP contribution is 2.50. The van der Waals surface area contributed by atoms with Crippen molar-refractivity contribution < 1.29 is 18.7 Å². The van der Waals surface area contributed by atoms with Gasteiger partial charge in [-0.05, 0) is 44.7 Å². The van der Waals surface area contributed by atoms with E-state index in [1.54, 1.807) is 6.92 Å². The number of rotatable bonds is 3. The first-order valence-electron chi connectivity index (χ1n) is 5.86. The Bertz CT molecular complexity index is 522. The van der Waals surface area contributed by atoms with Crippen LogP contribution in [0.5, 0.6) is 0 Å². The second-order valence-corrected chi connectivity index (χ2v) is 4.87. The molecule has 0 aromatic carbocycles. The number of carboxylic acid groups (broad SMARTS) is 1. The van der Waals surface area contributed by atoms with Gasteiger partial charge in [0.05, 0.1) is 11.3 Å². The average Bonchev–Trinajstić information content (AvgIpc) is 3.06. The molecule has 98 valence electrons. The molecule has 0 amide bonds. The molecule has 0 aliphatic heterocycles. The maximum Gasteiger partial charge on any atom is 0.337 e. The summed E-state index contributed by atoms with van der Waals surface area (Å²) in [6.07, 6.45) is 1.01. The molecular weight excluding hydrogens is 240 g/mol. The van der Waals surface area contributed by atoms with E-state index in [-0.39, 0.29) is 22.5 Å². The van der Waals surface area contributed by atoms with E-state index >= 15 is 0 Å². The van der Waals surface area contributed by atoms with E-state index in [9.17, 15) is 13.6 Å². The lowest BCUT2D eigenvalue weighted by molar-refractivity contribution is -0.0337. The Morgan fingerprint density at radius 3 is 2.28 bits per heavy atom. The van der Waals surface area contributed by atoms with Crippen molar-refractivity contribution in [3.8, 4) is 0 Å². The van der Waals surface area contributed by atoms with Crippen molar-refractivity contribution in [1.82, 2.24) is 4.98 Å². The molecule has 1 aromatic heterocycles. The van der Waals surface area contributed by atoms with E-state index < -0.39 is 17.8 Å². The summed E-state index contributed by atoms with van der Waals surface area (Å²) in [5, 5.41) is 9.06. The zero-order valence-electron chi connectivity index (χ0n) is 10.6. The van der Waals surface area contributed by atoms with Gasteiger partial charge in [-0.2, -0.15) is 8.78 Å². The highest BCUT2D eigenvalue weighted by Gasteiger charge is 2.50. The van der Waals surface area contributed by atoms with Crippen LogP contribution in [0.3, 0.4) is 0 Å². The fraction of sp³-hybridized carbons (Fsp3) is 0.538. The third kappa shape index (κ3) is 1.87. The number of aromatic nitrogens is 1. The quantitative estimate of drug-likeness (QED) is 0.902. The molecule has 0 radical (unpaired) electrons. The van der Waals surface area contributed by atoms with E-state index in [1.807, 2.05) is 0 Å². The monoisotopic (exact) mass is 255 g/mol. The van der Waals surface area contributed by atoms with Crippen molar-refractivity contribution in [3.05, 3.63) is 28.1 Å². The summed E-state index contributed by atoms with van der Waals surface area (Å²) in [7, 11) is 0. The van der Waals surface area contributed by atoms with Gasteiger partial charge in [0.15, 0.2) is 0 Å². The molecule has 0 bridgehead atoms. The number of hydrogen-bond acceptors (Lipinski definition) is 2. The van der Waals surface area contributed by atoms with Gasteiger partial charge < -0.3 is 5.11 Å². The topological polar surface area (TPSA) is 50.2 Å². The molecule has 3 nitrogen and oxygen atoms in total. The van der Waals surface area contributed by atoms with Gasteiger partial charge >= 0.3 is 5.97 Å². The van der Waals surface area contributed by atoms with Gasteiger partial charge in [0.2, 0.25) is 0 Å². The number of alkyl halides is 2. The second kappa shape index (κ2) is 4.00. The van der Waals surface area contributed by atoms with E-state index in [4.69, 9.17) is 5.11 Å². The Morgan fingerprint density at radius 2 is 1.83 bits per heavy atom. The second-order valence-electron chi connectivity index (χ2n) is 4.87. The molecule has 0 spiro atoms. The predicted molar refractivity (Wildman–Crippen MR) is 62.0 cm³/mol. The Hall–Kier alpha value is -1.52. The van der Waals surface area contributed by atoms with Crippen LogP contribution >= 0.6 is 0 Å². The van der Waals surface area contributed by atoms with Crippen LogP contribution in [-0.4, -0.2) is 16.1 Å². The predicted octanol–water partition coefficient (Wildman–Crippen LogP) is 3.21. The minimum absolute atomic E-state index is 0.0304. The Balaban J connectivity index is 2.61. The standard InChI is InChI=1S/C13H15F2NO2/c1-6-7(2)11(13(14,15)9-4-5-9)16-8(3)10(6)12(17)18/h9H,4-5H2,1-3H3,(H,17,18). The smallest absolute Gasteiger partial charge is 0.337 e. The lowest BCUT2D eigenvalue weighted by atomic mass is 9.96. The molecule has 1 heterocycles. The lowest BCUT2D eigenvalue weighted by Gasteiger charge is -2.20. The highest BCUT2D eigenvalue weighted by atomic mass is 19.3. The van der Waals surface area contributed by atoms with E-state index in [0.29, 0.717) is 18.4 Å². The first-order valence-corrected chi connectivity index (χ1v) is 5.86. The maximum atomic E-state index is 14.1. The van der Waals surface area contributed by atoms with Gasteiger partial charge in [0.1, 0.15) is 5.69 Å². The summed E-state index contributed by atoms with van der Waals surface area (Å²) in [5.74, 6) is -4.71. The summed E-state index contributed by atoms with van der Waals surface area (Å²) < 4.78 is 28.2. The summed E-state index contributed by atoms with van der Waals surface area (Å²) in [6, 6.07) is 0. The molecular formula is C13H15F2NO2. The molecule has 1 aromatic rings. The zero-order valence-corrected chi connectivity index (χ0v) is 10.6. The molecule has 18 heavy (non-hydrogen) atoms. The fourth-order valence-electron chi connectivity index (χ4n) is 2.22. The van der Waals surface area contributed by atoms with Crippen LogP contribution < -0.4 is 0 Å². The van der Waals surface area contributed by atoms with Crippen LogP contribution in [0.15, 0.2) is 0 Å². The molecule has 1 N–H and O–H groups in total. The first-order chi connectivity index (χ1) is 8.26. The fourth-order valence-corrected chi connectivity index (χ4v) is 2.22. The van der Waals surface area contributed by atoms with Gasteiger partial charge in [-0.15, -0.1) is 0 Å². The number of halogens is 2. The lowest BCUT2D eigenvalue weighted by Crippen LogP contribution is -2.22. The van der Waals surface area contributed by atoms with Crippen molar-refractivity contribution in [3.63, 3.8) is 0 Å². The van der Waals surface area contributed by atoms with Crippen LogP contribution in [0.25, 0.3) is 0 Å². The number of pyridine rings is 1. The van der Waals surface area contributed by atoms with Crippen molar-refractivity contribution in [2.24, 2.45) is 5.92 Å². The van der Waals surface area contributed by atoms with Crippen LogP contribution in [0.4, 0.5) is 8.78 Å². The number of carbonyl (C=O) groups is 1. The van der Waals surface area contributed by atoms with Crippen LogP contribution in [0.2, 0.25) is 0 Å². The highest BCUT2D eigenvalue weighted by molar-refractivity contribution is 5.91. The Kier molecular flexibility index (Phi) is 2.87. The van der Waals surface area contributed by atoms with Crippen LogP contribution in [-0.2, 0) is 5.92 Å². The summed E-state index contributed by atoms with van der Waals surface area (Å²) in [5.41, 5.74) is 0.592. The Labute approximate surface area is 104 Å². The third-order valence-corrected chi connectivity index (χ3v) is 3.55. The summed E-state index contributed by atoms with van der Waals surface area (Å²) in [6.45, 7) is 4.53. The maximum absolute atomic E-state index is 14.1. The number of carboxylic acids is 1. The molecule has 0 atom stereocenters. The Morgan fingerprint density at radius 1 is 1.28 bits per heavy atom. The molecule has 1 fully saturated rings. The van der Waals surface area contributed by atoms with E-state index in [2.05, 4.69) is 4.98 Å². The van der Waals surface area contributed by atoms with E-state index in [0.717, 1.165) is 0 Å². The number of hydrogen-bond donors (Lipinski definition) is 1. The molecule has 5 heteroatoms. The van der Waals surface area contributed by atoms with Crippen molar-refractivity contribution >= 4 is 5.97 Å². The first kappa shape index (κ1) is 12.9. The van der Waals surface area contributed by atoms with Gasteiger partial charge in [-0.1, -0.05) is 0 Å². The van der Waals surface area contributed by atoms with Gasteiger partial charge in [-0.3, -0.25) is 4.98 Å². The summed E-state index contributed by atoms with van der Waals surface area (Å²) in [4.78, 5) is 14.9. The largest absolute Gasteiger partial charge is 0.478 e. The van der Waals surface area contributed by atoms with Crippen LogP contribution in [0.1, 0.15) is 45.7 Å². The number of aromatic carboxylic acids is 1. The number of nitrogens with zero attached hydrogens (tertiary/aromatic N) is 1. The molecule has 1 aliphatic rings. The average molecular weight is 255 g/mol. The molecule has 0 saturated heterocycles. The number of aryl methyl sites for hydroxylation is 1. The minimum atomic E-state index is -2.95. The van der Waals surface area contributed by atoms with Gasteiger partial charge in [0.25, 0.3) is 5.92 Å². The summed E-state index contributed by atoms with van der Waals surface area (Å²) >= 11 is 0. The zero-order chi connectivity index (χ0) is 13.7. The van der Waals surface area contributed by atoms with E-state index in [1.165, 1.54) is 13.8 Å². The molecule has 2 rings (SSSR count). The molecule has 1 saturated carbocycles. The van der Waals surface area contributed by atoms with Gasteiger partial charge in [0, 0.05) is 5.92 Å². The van der Waals surface area contributed by atoms with Gasteiger partial charge in [-0.25, -0.2) is 4.79 Å². The SMILES string of the molecule is Cc1nc(C(F)(F)C2CC2)c(C)c(C)c1C(=O)O. The van der Waals surface area contributed by atoms with Crippen LogP contribution in [0, 0.1) is 26.7 Å². The normalized spacial score (nSPS) is 15.8. The minimum Gasteiger partial charge on any atom is -0.478 e. The molecule has 1 aliphatic carbocycles. The van der Waals surface area contributed by atoms with Crippen molar-refractivity contribution in [2.75, 3.05) is 0 Å².